The number of methoxy groups -OCH3 is 1. The monoisotopic (exact) mass is 670 g/mol. The molecule has 0 saturated carbocycles. The molecule has 2 atom stereocenters. The summed E-state index contributed by atoms with van der Waals surface area (Å²) < 4.78 is 12.2. The van der Waals surface area contributed by atoms with Crippen LogP contribution in [0.4, 0.5) is 0 Å². The summed E-state index contributed by atoms with van der Waals surface area (Å²) in [7, 11) is 1.73. The van der Waals surface area contributed by atoms with Crippen LogP contribution >= 0.6 is 0 Å². The molecule has 5 nitrogen and oxygen atoms in total. The number of rotatable bonds is 7. The van der Waals surface area contributed by atoms with Crippen molar-refractivity contribution in [2.75, 3.05) is 7.11 Å². The number of allylic oxidation sites excluding steroid dienone is 6. The van der Waals surface area contributed by atoms with E-state index in [0.717, 1.165) is 33.7 Å². The summed E-state index contributed by atoms with van der Waals surface area (Å²) in [6, 6.07) is 30.2. The van der Waals surface area contributed by atoms with Crippen molar-refractivity contribution in [3.05, 3.63) is 143 Å². The topological polar surface area (TPSA) is 64.5 Å². The fourth-order valence-corrected chi connectivity index (χ4v) is 7.27. The zero-order valence-electron chi connectivity index (χ0n) is 29.9. The molecule has 0 bridgehead atoms. The van der Waals surface area contributed by atoms with E-state index in [1.165, 1.54) is 22.3 Å². The van der Waals surface area contributed by atoms with E-state index in [0.29, 0.717) is 22.8 Å². The highest BCUT2D eigenvalue weighted by Crippen LogP contribution is 2.53. The molecule has 3 aliphatic rings. The SMILES string of the molecule is COc1ccccc1-c1ccc2c3c1C=CC1=CC=C(c4cc(-c5ccc(OC(C)(C)C(C)(C)C)cc5O)nc(-c5ccccc5)n4)C(C=C2)C13. The summed E-state index contributed by atoms with van der Waals surface area (Å²) in [5, 5.41) is 11.4. The van der Waals surface area contributed by atoms with Crippen LogP contribution in [0.3, 0.4) is 0 Å². The minimum atomic E-state index is -0.447. The maximum absolute atomic E-state index is 11.4. The summed E-state index contributed by atoms with van der Waals surface area (Å²) in [5.41, 5.74) is 10.9. The van der Waals surface area contributed by atoms with Gasteiger partial charge in [0.15, 0.2) is 5.82 Å². The van der Waals surface area contributed by atoms with Crippen molar-refractivity contribution in [1.29, 1.82) is 0 Å². The number of ether oxygens (including phenoxy) is 2. The molecular formula is C46H42N2O3. The molecule has 5 heteroatoms. The van der Waals surface area contributed by atoms with Crippen LogP contribution in [0.25, 0.3) is 51.5 Å². The number of hydrogen-bond donors (Lipinski definition) is 1. The van der Waals surface area contributed by atoms with Crippen molar-refractivity contribution in [2.24, 2.45) is 11.3 Å². The molecule has 5 aromatic rings. The maximum atomic E-state index is 11.4. The highest BCUT2D eigenvalue weighted by molar-refractivity contribution is 5.89. The van der Waals surface area contributed by atoms with Gasteiger partial charge in [0.1, 0.15) is 22.8 Å². The van der Waals surface area contributed by atoms with E-state index in [-0.39, 0.29) is 23.0 Å². The molecular weight excluding hydrogens is 629 g/mol. The second kappa shape index (κ2) is 12.3. The van der Waals surface area contributed by atoms with Crippen LogP contribution in [0.5, 0.6) is 17.2 Å². The summed E-state index contributed by atoms with van der Waals surface area (Å²) in [6.07, 6.45) is 13.5. The zero-order chi connectivity index (χ0) is 35.5. The van der Waals surface area contributed by atoms with Gasteiger partial charge in [-0.2, -0.15) is 0 Å². The molecule has 4 aromatic carbocycles. The largest absolute Gasteiger partial charge is 0.507 e. The van der Waals surface area contributed by atoms with Gasteiger partial charge in [0.2, 0.25) is 0 Å². The molecule has 0 radical (unpaired) electrons. The zero-order valence-corrected chi connectivity index (χ0v) is 29.9. The first-order valence-electron chi connectivity index (χ1n) is 17.6. The molecule has 0 aliphatic heterocycles. The number of phenolic OH excluding ortho intramolecular Hbond substituents is 1. The van der Waals surface area contributed by atoms with Gasteiger partial charge in [-0.1, -0.05) is 118 Å². The third kappa shape index (κ3) is 5.67. The van der Waals surface area contributed by atoms with E-state index in [9.17, 15) is 5.11 Å². The number of nitrogens with zero attached hydrogens (tertiary/aromatic N) is 2. The van der Waals surface area contributed by atoms with Crippen LogP contribution in [0.2, 0.25) is 0 Å². The van der Waals surface area contributed by atoms with Gasteiger partial charge in [-0.05, 0) is 71.5 Å². The second-order valence-electron chi connectivity index (χ2n) is 15.1. The Balaban J connectivity index is 1.23. The minimum Gasteiger partial charge on any atom is -0.507 e. The Hall–Kier alpha value is -5.68. The lowest BCUT2D eigenvalue weighted by atomic mass is 9.65. The summed E-state index contributed by atoms with van der Waals surface area (Å²) in [5.74, 6) is 2.38. The summed E-state index contributed by atoms with van der Waals surface area (Å²) >= 11 is 0. The fraction of sp³-hybridized carbons (Fsp3) is 0.217. The van der Waals surface area contributed by atoms with E-state index in [1.807, 2.05) is 60.7 Å². The molecule has 0 saturated heterocycles. The van der Waals surface area contributed by atoms with Gasteiger partial charge in [0.25, 0.3) is 0 Å². The number of hydrogen-bond acceptors (Lipinski definition) is 5. The number of aromatic nitrogens is 2. The number of aromatic hydroxyl groups is 1. The minimum absolute atomic E-state index is 0.0597. The summed E-state index contributed by atoms with van der Waals surface area (Å²) in [4.78, 5) is 10.2. The van der Waals surface area contributed by atoms with Crippen molar-refractivity contribution >= 4 is 17.7 Å². The molecule has 8 rings (SSSR count). The van der Waals surface area contributed by atoms with E-state index in [1.54, 1.807) is 13.2 Å². The van der Waals surface area contributed by atoms with Gasteiger partial charge in [-0.25, -0.2) is 9.97 Å². The molecule has 1 N–H and O–H groups in total. The molecule has 51 heavy (non-hydrogen) atoms. The lowest BCUT2D eigenvalue weighted by Crippen LogP contribution is -2.42. The average molecular weight is 671 g/mol. The van der Waals surface area contributed by atoms with Crippen LogP contribution in [0.15, 0.2) is 121 Å². The van der Waals surface area contributed by atoms with Gasteiger partial charge < -0.3 is 14.6 Å². The van der Waals surface area contributed by atoms with Gasteiger partial charge in [0, 0.05) is 40.0 Å². The van der Waals surface area contributed by atoms with Crippen molar-refractivity contribution in [3.8, 4) is 51.0 Å². The Morgan fingerprint density at radius 2 is 1.45 bits per heavy atom. The second-order valence-corrected chi connectivity index (χ2v) is 15.1. The van der Waals surface area contributed by atoms with Crippen molar-refractivity contribution < 1.29 is 14.6 Å². The Kier molecular flexibility index (Phi) is 7.83. The van der Waals surface area contributed by atoms with E-state index in [2.05, 4.69) is 95.3 Å². The van der Waals surface area contributed by atoms with E-state index in [4.69, 9.17) is 19.4 Å². The van der Waals surface area contributed by atoms with Crippen LogP contribution < -0.4 is 9.47 Å². The molecule has 0 fully saturated rings. The Bertz CT molecular complexity index is 2300. The van der Waals surface area contributed by atoms with Crippen LogP contribution in [-0.4, -0.2) is 27.8 Å². The van der Waals surface area contributed by atoms with Gasteiger partial charge in [-0.3, -0.25) is 0 Å². The lowest BCUT2D eigenvalue weighted by Gasteiger charge is -2.39. The maximum Gasteiger partial charge on any atom is 0.160 e. The Labute approximate surface area is 300 Å². The van der Waals surface area contributed by atoms with Crippen molar-refractivity contribution in [3.63, 3.8) is 0 Å². The molecule has 1 heterocycles. The predicted octanol–water partition coefficient (Wildman–Crippen LogP) is 11.2. The first-order valence-corrected chi connectivity index (χ1v) is 17.6. The first kappa shape index (κ1) is 32.5. The molecule has 2 unspecified atom stereocenters. The molecule has 0 amide bonds. The average Bonchev–Trinajstić information content (AvgIpc) is 3.13. The van der Waals surface area contributed by atoms with Gasteiger partial charge in [-0.15, -0.1) is 0 Å². The first-order chi connectivity index (χ1) is 24.5. The smallest absolute Gasteiger partial charge is 0.160 e. The van der Waals surface area contributed by atoms with Crippen molar-refractivity contribution in [1.82, 2.24) is 9.97 Å². The standard InChI is InChI=1S/C46H42N2O3/c1-45(2,3)46(4,5)51-31-20-25-37(40(49)26-31)39-27-38(47-44(48-39)30-12-8-7-9-13-30)33-22-17-29-18-23-35-32(34-14-10-11-15-41(34)50-6)21-16-28-19-24-36(33)43(29)42(28)35/h7-27,36,43,49H,1-6H3. The molecule has 3 aliphatic carbocycles. The molecule has 254 valence electrons. The lowest BCUT2D eigenvalue weighted by molar-refractivity contribution is 0.000691. The van der Waals surface area contributed by atoms with E-state index >= 15 is 0 Å². The number of para-hydroxylation sites is 1. The predicted molar refractivity (Wildman–Crippen MR) is 208 cm³/mol. The quantitative estimate of drug-likeness (QED) is 0.187. The third-order valence-electron chi connectivity index (χ3n) is 11.0. The third-order valence-corrected chi connectivity index (χ3v) is 11.0. The normalized spacial score (nSPS) is 17.4. The van der Waals surface area contributed by atoms with Gasteiger partial charge in [0.05, 0.1) is 18.5 Å². The fourth-order valence-electron chi connectivity index (χ4n) is 7.27. The molecule has 1 aromatic heterocycles. The Morgan fingerprint density at radius 1 is 0.706 bits per heavy atom. The van der Waals surface area contributed by atoms with Crippen LogP contribution in [0, 0.1) is 11.3 Å². The highest BCUT2D eigenvalue weighted by Gasteiger charge is 2.38. The highest BCUT2D eigenvalue weighted by atomic mass is 16.5. The summed E-state index contributed by atoms with van der Waals surface area (Å²) in [6.45, 7) is 10.6. The molecule has 0 spiro atoms. The Morgan fingerprint density at radius 3 is 2.22 bits per heavy atom. The van der Waals surface area contributed by atoms with E-state index < -0.39 is 5.60 Å². The van der Waals surface area contributed by atoms with Crippen LogP contribution in [-0.2, 0) is 0 Å². The van der Waals surface area contributed by atoms with Crippen molar-refractivity contribution in [2.45, 2.75) is 46.1 Å². The number of benzene rings is 4. The van der Waals surface area contributed by atoms with Gasteiger partial charge >= 0.3 is 0 Å². The number of phenols is 1. The van der Waals surface area contributed by atoms with Crippen LogP contribution in [0.1, 0.15) is 62.9 Å².